The van der Waals surface area contributed by atoms with Crippen LogP contribution in [0.4, 0.5) is 0 Å². The summed E-state index contributed by atoms with van der Waals surface area (Å²) >= 11 is 0. The van der Waals surface area contributed by atoms with Crippen LogP contribution in [0.2, 0.25) is 0 Å². The van der Waals surface area contributed by atoms with Gasteiger partial charge < -0.3 is 5.11 Å². The first-order chi connectivity index (χ1) is 5.20. The van der Waals surface area contributed by atoms with Crippen LogP contribution in [-0.4, -0.2) is 11.2 Å². The molecule has 3 rings (SSSR count). The second-order valence-corrected chi connectivity index (χ2v) is 4.52. The zero-order chi connectivity index (χ0) is 8.01. The summed E-state index contributed by atoms with van der Waals surface area (Å²) in [6.07, 6.45) is 3.75. The molecule has 0 aromatic carbocycles. The number of aliphatic hydroxyl groups excluding tert-OH is 1. The van der Waals surface area contributed by atoms with Gasteiger partial charge in [-0.25, -0.2) is 0 Å². The Labute approximate surface area is 68.8 Å². The Morgan fingerprint density at radius 1 is 1.09 bits per heavy atom. The molecule has 0 aromatic heterocycles. The van der Waals surface area contributed by atoms with Crippen molar-refractivity contribution in [3.05, 3.63) is 0 Å². The normalized spacial score (nSPS) is 56.5. The fraction of sp³-hybridized carbons (Fsp3) is 1.00. The fourth-order valence-electron chi connectivity index (χ4n) is 3.11. The highest BCUT2D eigenvalue weighted by molar-refractivity contribution is 4.93. The van der Waals surface area contributed by atoms with Crippen molar-refractivity contribution in [1.82, 2.24) is 0 Å². The summed E-state index contributed by atoms with van der Waals surface area (Å²) in [7, 11) is 0. The molecule has 3 fully saturated rings. The number of hydrogen-bond donors (Lipinski definition) is 1. The maximum atomic E-state index is 9.69. The lowest BCUT2D eigenvalue weighted by Crippen LogP contribution is -2.45. The van der Waals surface area contributed by atoms with Crippen LogP contribution in [0.25, 0.3) is 0 Å². The highest BCUT2D eigenvalue weighted by Crippen LogP contribution is 2.48. The molecule has 1 nitrogen and oxygen atoms in total. The van der Waals surface area contributed by atoms with Gasteiger partial charge in [-0.15, -0.1) is 0 Å². The predicted molar refractivity (Wildman–Crippen MR) is 45.2 cm³/mol. The van der Waals surface area contributed by atoms with Gasteiger partial charge in [-0.1, -0.05) is 13.8 Å². The molecule has 0 spiro atoms. The Morgan fingerprint density at radius 3 is 2.27 bits per heavy atom. The molecule has 5 atom stereocenters. The van der Waals surface area contributed by atoms with E-state index in [0.717, 1.165) is 24.2 Å². The van der Waals surface area contributed by atoms with E-state index in [4.69, 9.17) is 0 Å². The molecule has 11 heavy (non-hydrogen) atoms. The fourth-order valence-corrected chi connectivity index (χ4v) is 3.11. The zero-order valence-corrected chi connectivity index (χ0v) is 7.46. The van der Waals surface area contributed by atoms with Crippen LogP contribution in [0.5, 0.6) is 0 Å². The highest BCUT2D eigenvalue weighted by atomic mass is 16.3. The maximum absolute atomic E-state index is 9.69. The van der Waals surface area contributed by atoms with Gasteiger partial charge in [0.15, 0.2) is 0 Å². The average Bonchev–Trinajstić information content (AvgIpc) is 1.99. The van der Waals surface area contributed by atoms with E-state index in [9.17, 15) is 5.11 Å². The molecule has 0 aromatic rings. The lowest BCUT2D eigenvalue weighted by Gasteiger charge is -2.48. The van der Waals surface area contributed by atoms with Crippen LogP contribution < -0.4 is 0 Å². The molecular formula is C10H18O. The molecule has 3 aliphatic rings. The standard InChI is InChI=1S/C10H18O/c1-6-7(2)9-4-3-8(6)5-10(9)11/h6-11H,3-5H2,1-2H3/t6-,7+,8-,9-,10+/m1/s1. The van der Waals surface area contributed by atoms with Crippen LogP contribution in [0.15, 0.2) is 0 Å². The van der Waals surface area contributed by atoms with Crippen molar-refractivity contribution in [3.63, 3.8) is 0 Å². The summed E-state index contributed by atoms with van der Waals surface area (Å²) < 4.78 is 0. The largest absolute Gasteiger partial charge is 0.393 e. The number of aliphatic hydroxyl groups is 1. The van der Waals surface area contributed by atoms with Crippen LogP contribution >= 0.6 is 0 Å². The van der Waals surface area contributed by atoms with Crippen molar-refractivity contribution in [2.45, 2.75) is 39.2 Å². The topological polar surface area (TPSA) is 20.2 Å². The smallest absolute Gasteiger partial charge is 0.0573 e. The summed E-state index contributed by atoms with van der Waals surface area (Å²) in [6.45, 7) is 4.66. The summed E-state index contributed by atoms with van der Waals surface area (Å²) in [4.78, 5) is 0. The van der Waals surface area contributed by atoms with E-state index in [1.165, 1.54) is 12.8 Å². The quantitative estimate of drug-likeness (QED) is 0.566. The minimum atomic E-state index is 0.0277. The summed E-state index contributed by atoms with van der Waals surface area (Å²) in [5, 5.41) is 9.69. The molecule has 64 valence electrons. The van der Waals surface area contributed by atoms with Crippen molar-refractivity contribution in [2.24, 2.45) is 23.7 Å². The van der Waals surface area contributed by atoms with Crippen LogP contribution in [0.3, 0.4) is 0 Å². The Balaban J connectivity index is 2.16. The summed E-state index contributed by atoms with van der Waals surface area (Å²) in [5.74, 6) is 3.06. The van der Waals surface area contributed by atoms with E-state index < -0.39 is 0 Å². The van der Waals surface area contributed by atoms with Gasteiger partial charge in [0.1, 0.15) is 0 Å². The van der Waals surface area contributed by atoms with Gasteiger partial charge in [0.25, 0.3) is 0 Å². The zero-order valence-electron chi connectivity index (χ0n) is 7.46. The molecule has 0 heterocycles. The lowest BCUT2D eigenvalue weighted by atomic mass is 9.58. The molecule has 2 bridgehead atoms. The molecule has 1 heteroatoms. The van der Waals surface area contributed by atoms with Gasteiger partial charge in [-0.3, -0.25) is 0 Å². The Bertz CT molecular complexity index is 153. The number of fused-ring (bicyclic) bond motifs is 3. The van der Waals surface area contributed by atoms with Crippen LogP contribution in [0, 0.1) is 23.7 Å². The molecular weight excluding hydrogens is 136 g/mol. The minimum Gasteiger partial charge on any atom is -0.393 e. The molecule has 0 unspecified atom stereocenters. The predicted octanol–water partition coefficient (Wildman–Crippen LogP) is 2.05. The van der Waals surface area contributed by atoms with E-state index in [0.29, 0.717) is 5.92 Å². The Hall–Kier alpha value is -0.0400. The van der Waals surface area contributed by atoms with Gasteiger partial charge in [-0.05, 0) is 42.9 Å². The van der Waals surface area contributed by atoms with Crippen molar-refractivity contribution >= 4 is 0 Å². The molecule has 1 N–H and O–H groups in total. The van der Waals surface area contributed by atoms with Crippen LogP contribution in [0.1, 0.15) is 33.1 Å². The van der Waals surface area contributed by atoms with Crippen LogP contribution in [-0.2, 0) is 0 Å². The second kappa shape index (κ2) is 2.48. The van der Waals surface area contributed by atoms with E-state index in [1.54, 1.807) is 0 Å². The molecule has 0 aliphatic heterocycles. The Morgan fingerprint density at radius 2 is 1.82 bits per heavy atom. The Kier molecular flexibility index (Phi) is 1.71. The van der Waals surface area contributed by atoms with E-state index >= 15 is 0 Å². The summed E-state index contributed by atoms with van der Waals surface area (Å²) in [6, 6.07) is 0. The van der Waals surface area contributed by atoms with Crippen molar-refractivity contribution < 1.29 is 5.11 Å². The second-order valence-electron chi connectivity index (χ2n) is 4.52. The first kappa shape index (κ1) is 7.60. The van der Waals surface area contributed by atoms with Gasteiger partial charge in [0.2, 0.25) is 0 Å². The van der Waals surface area contributed by atoms with Crippen molar-refractivity contribution in [1.29, 1.82) is 0 Å². The average molecular weight is 154 g/mol. The lowest BCUT2D eigenvalue weighted by molar-refractivity contribution is -0.0640. The molecule has 3 saturated carbocycles. The third-order valence-corrected chi connectivity index (χ3v) is 4.16. The third-order valence-electron chi connectivity index (χ3n) is 4.16. The SMILES string of the molecule is C[C@H]1[C@@H]2CC[C@H]([C@H]1C)[C@@H](O)C2. The molecule has 3 aliphatic carbocycles. The van der Waals surface area contributed by atoms with E-state index in [-0.39, 0.29) is 6.10 Å². The van der Waals surface area contributed by atoms with Gasteiger partial charge in [0.05, 0.1) is 6.10 Å². The minimum absolute atomic E-state index is 0.0277. The van der Waals surface area contributed by atoms with Gasteiger partial charge >= 0.3 is 0 Å². The first-order valence-electron chi connectivity index (χ1n) is 4.88. The van der Waals surface area contributed by atoms with E-state index in [1.807, 2.05) is 0 Å². The molecule has 0 amide bonds. The maximum Gasteiger partial charge on any atom is 0.0573 e. The van der Waals surface area contributed by atoms with Gasteiger partial charge in [0, 0.05) is 0 Å². The van der Waals surface area contributed by atoms with E-state index in [2.05, 4.69) is 13.8 Å². The third kappa shape index (κ3) is 1.01. The van der Waals surface area contributed by atoms with Gasteiger partial charge in [-0.2, -0.15) is 0 Å². The summed E-state index contributed by atoms with van der Waals surface area (Å²) in [5.41, 5.74) is 0. The first-order valence-corrected chi connectivity index (χ1v) is 4.88. The number of hydrogen-bond acceptors (Lipinski definition) is 1. The molecule has 0 radical (unpaired) electrons. The number of rotatable bonds is 0. The monoisotopic (exact) mass is 154 g/mol. The molecule has 0 saturated heterocycles. The van der Waals surface area contributed by atoms with Crippen molar-refractivity contribution in [3.8, 4) is 0 Å². The highest BCUT2D eigenvalue weighted by Gasteiger charge is 2.43. The van der Waals surface area contributed by atoms with Crippen molar-refractivity contribution in [2.75, 3.05) is 0 Å².